The van der Waals surface area contributed by atoms with Crippen LogP contribution in [0.5, 0.6) is 0 Å². The third-order valence-electron chi connectivity index (χ3n) is 2.69. The molecule has 0 aliphatic rings. The summed E-state index contributed by atoms with van der Waals surface area (Å²) in [5, 5.41) is 3.26. The Morgan fingerprint density at radius 2 is 2.00 bits per heavy atom. The fourth-order valence-corrected chi connectivity index (χ4v) is 1.90. The molecule has 4 heteroatoms. The van der Waals surface area contributed by atoms with Crippen LogP contribution in [0.2, 0.25) is 0 Å². The number of imidazole rings is 1. The van der Waals surface area contributed by atoms with Gasteiger partial charge in [0.25, 0.3) is 0 Å². The second-order valence-corrected chi connectivity index (χ2v) is 4.21. The van der Waals surface area contributed by atoms with Crippen LogP contribution in [-0.2, 0) is 11.3 Å². The molecule has 0 aliphatic carbocycles. The number of aromatic nitrogens is 2. The summed E-state index contributed by atoms with van der Waals surface area (Å²) in [5.41, 5.74) is 3.28. The molecule has 0 saturated heterocycles. The van der Waals surface area contributed by atoms with Crippen molar-refractivity contribution < 1.29 is 4.74 Å². The summed E-state index contributed by atoms with van der Waals surface area (Å²) < 4.78 is 7.17. The summed E-state index contributed by atoms with van der Waals surface area (Å²) in [6.45, 7) is 5.56. The maximum atomic E-state index is 5.11. The lowest BCUT2D eigenvalue weighted by atomic mass is 10.2. The third kappa shape index (κ3) is 2.71. The van der Waals surface area contributed by atoms with Gasteiger partial charge in [0.15, 0.2) is 0 Å². The lowest BCUT2D eigenvalue weighted by Gasteiger charge is -2.09. The molecule has 1 N–H and O–H groups in total. The summed E-state index contributed by atoms with van der Waals surface area (Å²) >= 11 is 0. The summed E-state index contributed by atoms with van der Waals surface area (Å²) in [6.07, 6.45) is 2.03. The highest BCUT2D eigenvalue weighted by Crippen LogP contribution is 2.17. The van der Waals surface area contributed by atoms with Crippen LogP contribution >= 0.6 is 0 Å². The van der Waals surface area contributed by atoms with E-state index in [1.807, 2.05) is 13.1 Å². The van der Waals surface area contributed by atoms with Crippen molar-refractivity contribution in [1.82, 2.24) is 9.55 Å². The number of ether oxygens (including phenoxy) is 1. The van der Waals surface area contributed by atoms with Gasteiger partial charge in [-0.15, -0.1) is 0 Å². The zero-order chi connectivity index (χ0) is 13.0. The molecule has 0 bridgehead atoms. The van der Waals surface area contributed by atoms with E-state index in [9.17, 15) is 0 Å². The Kier molecular flexibility index (Phi) is 3.99. The maximum absolute atomic E-state index is 5.11. The molecule has 0 saturated carbocycles. The maximum Gasteiger partial charge on any atom is 0.207 e. The zero-order valence-electron chi connectivity index (χ0n) is 11.1. The Morgan fingerprint density at radius 1 is 1.28 bits per heavy atom. The smallest absolute Gasteiger partial charge is 0.207 e. The normalized spacial score (nSPS) is 10.6. The largest absolute Gasteiger partial charge is 0.380 e. The van der Waals surface area contributed by atoms with Crippen LogP contribution in [0, 0.1) is 6.92 Å². The van der Waals surface area contributed by atoms with Crippen LogP contribution in [0.1, 0.15) is 18.2 Å². The number of benzene rings is 1. The molecule has 1 aromatic heterocycles. The first-order valence-electron chi connectivity index (χ1n) is 6.12. The minimum atomic E-state index is 0.642. The van der Waals surface area contributed by atoms with Gasteiger partial charge < -0.3 is 10.1 Å². The van der Waals surface area contributed by atoms with Crippen LogP contribution in [0.4, 0.5) is 5.95 Å². The Balaban J connectivity index is 2.29. The van der Waals surface area contributed by atoms with Gasteiger partial charge >= 0.3 is 0 Å². The second-order valence-electron chi connectivity index (χ2n) is 4.21. The van der Waals surface area contributed by atoms with Crippen molar-refractivity contribution in [1.29, 1.82) is 0 Å². The quantitative estimate of drug-likeness (QED) is 0.880. The number of anilines is 1. The monoisotopic (exact) mass is 245 g/mol. The minimum absolute atomic E-state index is 0.642. The average Bonchev–Trinajstić information content (AvgIpc) is 2.72. The Morgan fingerprint density at radius 3 is 2.61 bits per heavy atom. The van der Waals surface area contributed by atoms with Crippen molar-refractivity contribution in [2.45, 2.75) is 20.5 Å². The molecule has 0 aliphatic heterocycles. The SMILES string of the molecule is CCNc1nc(C)cn1-c1ccc(COC)cc1. The minimum Gasteiger partial charge on any atom is -0.380 e. The standard InChI is InChI=1S/C14H19N3O/c1-4-15-14-16-11(2)9-17(14)13-7-5-12(6-8-13)10-18-3/h5-9H,4,10H2,1-3H3,(H,15,16). The summed E-state index contributed by atoms with van der Waals surface area (Å²) in [6, 6.07) is 8.31. The van der Waals surface area contributed by atoms with Gasteiger partial charge in [-0.25, -0.2) is 4.98 Å². The zero-order valence-corrected chi connectivity index (χ0v) is 11.1. The van der Waals surface area contributed by atoms with Crippen LogP contribution in [0.15, 0.2) is 30.5 Å². The number of aryl methyl sites for hydroxylation is 1. The first kappa shape index (κ1) is 12.6. The fraction of sp³-hybridized carbons (Fsp3) is 0.357. The van der Waals surface area contributed by atoms with Gasteiger partial charge in [-0.2, -0.15) is 0 Å². The first-order chi connectivity index (χ1) is 8.74. The number of hydrogen-bond donors (Lipinski definition) is 1. The van der Waals surface area contributed by atoms with Crippen molar-refractivity contribution in [2.75, 3.05) is 19.0 Å². The predicted molar refractivity (Wildman–Crippen MR) is 73.2 cm³/mol. The van der Waals surface area contributed by atoms with Crippen LogP contribution in [0.25, 0.3) is 5.69 Å². The molecule has 1 heterocycles. The predicted octanol–water partition coefficient (Wildman–Crippen LogP) is 2.76. The number of rotatable bonds is 5. The fourth-order valence-electron chi connectivity index (χ4n) is 1.90. The van der Waals surface area contributed by atoms with Gasteiger partial charge in [-0.1, -0.05) is 12.1 Å². The Bertz CT molecular complexity index is 502. The summed E-state index contributed by atoms with van der Waals surface area (Å²) in [4.78, 5) is 4.46. The molecular weight excluding hydrogens is 226 g/mol. The van der Waals surface area contributed by atoms with Gasteiger partial charge in [0.05, 0.1) is 12.3 Å². The molecule has 4 nitrogen and oxygen atoms in total. The van der Waals surface area contributed by atoms with Crippen LogP contribution in [-0.4, -0.2) is 23.2 Å². The van der Waals surface area contributed by atoms with Gasteiger partial charge in [-0.3, -0.25) is 4.57 Å². The second kappa shape index (κ2) is 5.69. The molecule has 0 unspecified atom stereocenters. The molecule has 96 valence electrons. The summed E-state index contributed by atoms with van der Waals surface area (Å²) in [5.74, 6) is 0.884. The molecule has 0 spiro atoms. The lowest BCUT2D eigenvalue weighted by molar-refractivity contribution is 0.185. The highest BCUT2D eigenvalue weighted by Gasteiger charge is 2.06. The van der Waals surface area contributed by atoms with Crippen LogP contribution < -0.4 is 5.32 Å². The third-order valence-corrected chi connectivity index (χ3v) is 2.69. The van der Waals surface area contributed by atoms with Gasteiger partial charge in [0, 0.05) is 25.5 Å². The van der Waals surface area contributed by atoms with Crippen molar-refractivity contribution in [2.24, 2.45) is 0 Å². The van der Waals surface area contributed by atoms with E-state index in [4.69, 9.17) is 4.74 Å². The van der Waals surface area contributed by atoms with E-state index in [1.165, 1.54) is 5.56 Å². The van der Waals surface area contributed by atoms with Gasteiger partial charge in [0.2, 0.25) is 5.95 Å². The van der Waals surface area contributed by atoms with Gasteiger partial charge in [-0.05, 0) is 31.5 Å². The molecule has 0 atom stereocenters. The molecular formula is C14H19N3O. The van der Waals surface area contributed by atoms with E-state index in [-0.39, 0.29) is 0 Å². The molecule has 1 aromatic carbocycles. The highest BCUT2D eigenvalue weighted by atomic mass is 16.5. The first-order valence-corrected chi connectivity index (χ1v) is 6.12. The van der Waals surface area contributed by atoms with E-state index in [0.717, 1.165) is 23.9 Å². The van der Waals surface area contributed by atoms with Crippen molar-refractivity contribution >= 4 is 5.95 Å². The number of nitrogens with one attached hydrogen (secondary N) is 1. The molecule has 0 fully saturated rings. The number of hydrogen-bond acceptors (Lipinski definition) is 3. The van der Waals surface area contributed by atoms with Crippen LogP contribution in [0.3, 0.4) is 0 Å². The van der Waals surface area contributed by atoms with E-state index in [0.29, 0.717) is 6.61 Å². The van der Waals surface area contributed by atoms with E-state index in [1.54, 1.807) is 7.11 Å². The topological polar surface area (TPSA) is 39.1 Å². The molecule has 18 heavy (non-hydrogen) atoms. The highest BCUT2D eigenvalue weighted by molar-refractivity contribution is 5.44. The van der Waals surface area contributed by atoms with Crippen molar-refractivity contribution in [3.8, 4) is 5.69 Å². The Labute approximate surface area is 108 Å². The number of nitrogens with zero attached hydrogens (tertiary/aromatic N) is 2. The van der Waals surface area contributed by atoms with E-state index < -0.39 is 0 Å². The number of methoxy groups -OCH3 is 1. The molecule has 0 radical (unpaired) electrons. The molecule has 0 amide bonds. The van der Waals surface area contributed by atoms with E-state index in [2.05, 4.69) is 46.1 Å². The van der Waals surface area contributed by atoms with Crippen molar-refractivity contribution in [3.63, 3.8) is 0 Å². The molecule has 2 aromatic rings. The van der Waals surface area contributed by atoms with E-state index >= 15 is 0 Å². The Hall–Kier alpha value is -1.81. The average molecular weight is 245 g/mol. The van der Waals surface area contributed by atoms with Crippen molar-refractivity contribution in [3.05, 3.63) is 41.7 Å². The lowest BCUT2D eigenvalue weighted by Crippen LogP contribution is -2.04. The molecule has 2 rings (SSSR count). The van der Waals surface area contributed by atoms with Gasteiger partial charge in [0.1, 0.15) is 0 Å². The summed E-state index contributed by atoms with van der Waals surface area (Å²) in [7, 11) is 1.70.